The van der Waals surface area contributed by atoms with E-state index in [4.69, 9.17) is 5.11 Å². The molecule has 0 spiro atoms. The van der Waals surface area contributed by atoms with Gasteiger partial charge in [-0.1, -0.05) is 38.5 Å². The van der Waals surface area contributed by atoms with Gasteiger partial charge in [-0.15, -0.1) is 10.2 Å². The summed E-state index contributed by atoms with van der Waals surface area (Å²) in [6, 6.07) is 0.373. The lowest BCUT2D eigenvalue weighted by atomic mass is 9.73. The van der Waals surface area contributed by atoms with Crippen LogP contribution >= 0.6 is 11.8 Å². The summed E-state index contributed by atoms with van der Waals surface area (Å²) >= 11 is 1.25. The second kappa shape index (κ2) is 5.30. The molecule has 1 aliphatic carbocycles. The van der Waals surface area contributed by atoms with Crippen LogP contribution < -0.4 is 0 Å². The van der Waals surface area contributed by atoms with Crippen molar-refractivity contribution in [3.05, 3.63) is 6.33 Å². The van der Waals surface area contributed by atoms with Crippen LogP contribution in [-0.2, 0) is 4.79 Å². The number of carboxylic acid groups (broad SMARTS) is 1. The first-order chi connectivity index (χ1) is 8.50. The first kappa shape index (κ1) is 13.4. The first-order valence-corrected chi connectivity index (χ1v) is 7.23. The fourth-order valence-electron chi connectivity index (χ4n) is 2.67. The van der Waals surface area contributed by atoms with Gasteiger partial charge in [0.1, 0.15) is 6.33 Å². The van der Waals surface area contributed by atoms with Crippen molar-refractivity contribution in [2.75, 3.05) is 5.75 Å². The zero-order chi connectivity index (χ0) is 13.2. The van der Waals surface area contributed by atoms with Gasteiger partial charge in [-0.25, -0.2) is 0 Å². The van der Waals surface area contributed by atoms with Crippen LogP contribution in [0.1, 0.15) is 45.6 Å². The highest BCUT2D eigenvalue weighted by molar-refractivity contribution is 7.99. The molecule has 1 heterocycles. The van der Waals surface area contributed by atoms with E-state index in [1.165, 1.54) is 31.0 Å². The molecule has 18 heavy (non-hydrogen) atoms. The summed E-state index contributed by atoms with van der Waals surface area (Å²) in [6.07, 6.45) is 6.53. The Morgan fingerprint density at radius 2 is 2.39 bits per heavy atom. The van der Waals surface area contributed by atoms with E-state index >= 15 is 0 Å². The number of rotatable bonds is 4. The van der Waals surface area contributed by atoms with Crippen molar-refractivity contribution >= 4 is 17.7 Å². The fourth-order valence-corrected chi connectivity index (χ4v) is 3.35. The van der Waals surface area contributed by atoms with E-state index in [-0.39, 0.29) is 11.2 Å². The Balaban J connectivity index is 2.17. The summed E-state index contributed by atoms with van der Waals surface area (Å²) in [5.74, 6) is -0.788. The first-order valence-electron chi connectivity index (χ1n) is 6.25. The number of aliphatic carboxylic acids is 1. The van der Waals surface area contributed by atoms with E-state index in [0.29, 0.717) is 6.04 Å². The van der Waals surface area contributed by atoms with Gasteiger partial charge in [0.2, 0.25) is 0 Å². The maximum Gasteiger partial charge on any atom is 0.313 e. The third kappa shape index (κ3) is 2.85. The highest BCUT2D eigenvalue weighted by Crippen LogP contribution is 2.44. The predicted octanol–water partition coefficient (Wildman–Crippen LogP) is 2.60. The number of nitrogens with zero attached hydrogens (tertiary/aromatic N) is 3. The van der Waals surface area contributed by atoms with Gasteiger partial charge in [-0.2, -0.15) is 0 Å². The van der Waals surface area contributed by atoms with Crippen LogP contribution in [0, 0.1) is 5.41 Å². The van der Waals surface area contributed by atoms with Gasteiger partial charge in [0.05, 0.1) is 5.75 Å². The molecule has 0 saturated heterocycles. The van der Waals surface area contributed by atoms with Crippen LogP contribution in [0.5, 0.6) is 0 Å². The normalized spacial score (nSPS) is 22.9. The van der Waals surface area contributed by atoms with Crippen molar-refractivity contribution in [1.82, 2.24) is 14.8 Å². The molecule has 1 aromatic heterocycles. The monoisotopic (exact) mass is 269 g/mol. The highest BCUT2D eigenvalue weighted by Gasteiger charge is 2.34. The average molecular weight is 269 g/mol. The minimum absolute atomic E-state index is 0.0336. The van der Waals surface area contributed by atoms with Crippen LogP contribution in [0.15, 0.2) is 11.5 Å². The van der Waals surface area contributed by atoms with E-state index in [9.17, 15) is 4.79 Å². The maximum absolute atomic E-state index is 10.6. The molecule has 1 N–H and O–H groups in total. The summed E-state index contributed by atoms with van der Waals surface area (Å²) in [5.41, 5.74) is 0.221. The van der Waals surface area contributed by atoms with Gasteiger partial charge in [0, 0.05) is 6.04 Å². The summed E-state index contributed by atoms with van der Waals surface area (Å²) in [6.45, 7) is 4.53. The largest absolute Gasteiger partial charge is 0.481 e. The number of aromatic nitrogens is 3. The molecule has 1 aromatic rings. The molecule has 0 bridgehead atoms. The lowest BCUT2D eigenvalue weighted by Crippen LogP contribution is -2.30. The third-order valence-electron chi connectivity index (χ3n) is 3.65. The Kier molecular flexibility index (Phi) is 3.94. The molecule has 0 radical (unpaired) electrons. The van der Waals surface area contributed by atoms with Crippen LogP contribution in [-0.4, -0.2) is 31.6 Å². The Morgan fingerprint density at radius 3 is 3.06 bits per heavy atom. The number of carbonyl (C=O) groups is 1. The molecule has 1 unspecified atom stereocenters. The molecule has 100 valence electrons. The van der Waals surface area contributed by atoms with E-state index in [1.54, 1.807) is 6.33 Å². The summed E-state index contributed by atoms with van der Waals surface area (Å²) < 4.78 is 2.06. The van der Waals surface area contributed by atoms with Crippen molar-refractivity contribution in [3.63, 3.8) is 0 Å². The summed E-state index contributed by atoms with van der Waals surface area (Å²) in [4.78, 5) is 10.6. The minimum Gasteiger partial charge on any atom is -0.481 e. The third-order valence-corrected chi connectivity index (χ3v) is 4.59. The second-order valence-corrected chi connectivity index (χ2v) is 6.40. The predicted molar refractivity (Wildman–Crippen MR) is 69.7 cm³/mol. The smallest absolute Gasteiger partial charge is 0.313 e. The van der Waals surface area contributed by atoms with Crippen molar-refractivity contribution in [2.45, 2.75) is 50.7 Å². The lowest BCUT2D eigenvalue weighted by Gasteiger charge is -2.39. The van der Waals surface area contributed by atoms with Crippen LogP contribution in [0.25, 0.3) is 0 Å². The van der Waals surface area contributed by atoms with Crippen molar-refractivity contribution in [1.29, 1.82) is 0 Å². The molecule has 2 rings (SSSR count). The number of carboxylic acids is 1. The van der Waals surface area contributed by atoms with Crippen LogP contribution in [0.4, 0.5) is 0 Å². The molecular weight excluding hydrogens is 250 g/mol. The Bertz CT molecular complexity index is 431. The lowest BCUT2D eigenvalue weighted by molar-refractivity contribution is -0.133. The van der Waals surface area contributed by atoms with Crippen molar-refractivity contribution in [3.8, 4) is 0 Å². The Hall–Kier alpha value is -1.04. The summed E-state index contributed by atoms with van der Waals surface area (Å²) in [5, 5.41) is 17.4. The number of hydrogen-bond donors (Lipinski definition) is 1. The molecule has 1 fully saturated rings. The molecule has 0 amide bonds. The molecule has 1 saturated carbocycles. The topological polar surface area (TPSA) is 68.0 Å². The molecule has 5 nitrogen and oxygen atoms in total. The molecule has 1 atom stereocenters. The van der Waals surface area contributed by atoms with Gasteiger partial charge >= 0.3 is 5.97 Å². The zero-order valence-corrected chi connectivity index (χ0v) is 11.6. The molecule has 0 aromatic carbocycles. The van der Waals surface area contributed by atoms with Gasteiger partial charge in [0.25, 0.3) is 0 Å². The van der Waals surface area contributed by atoms with Crippen LogP contribution in [0.2, 0.25) is 0 Å². The zero-order valence-electron chi connectivity index (χ0n) is 10.8. The maximum atomic E-state index is 10.6. The number of thioether (sulfide) groups is 1. The van der Waals surface area contributed by atoms with Gasteiger partial charge in [-0.05, 0) is 18.3 Å². The summed E-state index contributed by atoms with van der Waals surface area (Å²) in [7, 11) is 0. The molecular formula is C12H19N3O2S. The molecule has 6 heteroatoms. The minimum atomic E-state index is -0.822. The van der Waals surface area contributed by atoms with Gasteiger partial charge in [-0.3, -0.25) is 4.79 Å². The van der Waals surface area contributed by atoms with Crippen molar-refractivity contribution in [2.24, 2.45) is 5.41 Å². The Morgan fingerprint density at radius 1 is 1.61 bits per heavy atom. The highest BCUT2D eigenvalue weighted by atomic mass is 32.2. The van der Waals surface area contributed by atoms with Gasteiger partial charge in [0.15, 0.2) is 5.16 Å². The average Bonchev–Trinajstić information content (AvgIpc) is 2.73. The number of hydrogen-bond acceptors (Lipinski definition) is 4. The van der Waals surface area contributed by atoms with E-state index < -0.39 is 5.97 Å². The Labute approximate surface area is 111 Å². The van der Waals surface area contributed by atoms with Gasteiger partial charge < -0.3 is 9.67 Å². The molecule has 1 aliphatic rings. The quantitative estimate of drug-likeness (QED) is 0.851. The fraction of sp³-hybridized carbons (Fsp3) is 0.750. The second-order valence-electron chi connectivity index (χ2n) is 5.45. The molecule has 0 aliphatic heterocycles. The SMILES string of the molecule is CC1(C)CCCCC1n1cnnc1SCC(=O)O. The van der Waals surface area contributed by atoms with E-state index in [1.807, 2.05) is 0 Å². The van der Waals surface area contributed by atoms with E-state index in [2.05, 4.69) is 28.6 Å². The standard InChI is InChI=1S/C12H19N3O2S/c1-12(2)6-4-3-5-9(12)15-8-13-14-11(15)18-7-10(16)17/h8-9H,3-7H2,1-2H3,(H,16,17). The van der Waals surface area contributed by atoms with Crippen LogP contribution in [0.3, 0.4) is 0 Å². The van der Waals surface area contributed by atoms with E-state index in [0.717, 1.165) is 11.6 Å². The van der Waals surface area contributed by atoms with Crippen molar-refractivity contribution < 1.29 is 9.90 Å².